The second-order valence-corrected chi connectivity index (χ2v) is 5.78. The van der Waals surface area contributed by atoms with Crippen molar-refractivity contribution in [1.29, 1.82) is 0 Å². The standard InChI is InChI=1S/C14H14Br2N2O2/c1-19-13-4-12(16)14(5-11(13)15)20-8-10-3-2-9(6-17)7-18-10/h2-5,7H,6,8,17H2,1H3. The molecule has 20 heavy (non-hydrogen) atoms. The Morgan fingerprint density at radius 1 is 1.15 bits per heavy atom. The molecule has 0 aliphatic carbocycles. The molecule has 0 radical (unpaired) electrons. The van der Waals surface area contributed by atoms with Crippen LogP contribution >= 0.6 is 31.9 Å². The summed E-state index contributed by atoms with van der Waals surface area (Å²) in [6.45, 7) is 0.882. The van der Waals surface area contributed by atoms with Gasteiger partial charge in [0, 0.05) is 12.7 Å². The zero-order valence-corrected chi connectivity index (χ0v) is 14.1. The number of nitrogens with two attached hydrogens (primary N) is 1. The van der Waals surface area contributed by atoms with Gasteiger partial charge in [-0.3, -0.25) is 4.98 Å². The Morgan fingerprint density at radius 3 is 2.45 bits per heavy atom. The van der Waals surface area contributed by atoms with Gasteiger partial charge in [0.1, 0.15) is 18.1 Å². The number of ether oxygens (including phenoxy) is 2. The van der Waals surface area contributed by atoms with Crippen molar-refractivity contribution in [2.75, 3.05) is 7.11 Å². The molecule has 4 nitrogen and oxygen atoms in total. The quantitative estimate of drug-likeness (QED) is 0.830. The van der Waals surface area contributed by atoms with Crippen molar-refractivity contribution in [3.63, 3.8) is 0 Å². The Balaban J connectivity index is 2.08. The van der Waals surface area contributed by atoms with Crippen molar-refractivity contribution in [1.82, 2.24) is 4.98 Å². The maximum absolute atomic E-state index is 5.75. The summed E-state index contributed by atoms with van der Waals surface area (Å²) in [7, 11) is 1.62. The Hall–Kier alpha value is -1.11. The number of benzene rings is 1. The molecule has 2 aromatic rings. The van der Waals surface area contributed by atoms with Gasteiger partial charge in [-0.05, 0) is 55.6 Å². The minimum atomic E-state index is 0.391. The molecule has 106 valence electrons. The van der Waals surface area contributed by atoms with Gasteiger partial charge in [0.2, 0.25) is 0 Å². The van der Waals surface area contributed by atoms with Crippen LogP contribution in [0.3, 0.4) is 0 Å². The van der Waals surface area contributed by atoms with Crippen molar-refractivity contribution in [2.45, 2.75) is 13.2 Å². The second kappa shape index (κ2) is 7.06. The molecule has 0 aliphatic heterocycles. The molecule has 0 bridgehead atoms. The van der Waals surface area contributed by atoms with E-state index in [-0.39, 0.29) is 0 Å². The highest BCUT2D eigenvalue weighted by molar-refractivity contribution is 9.11. The lowest BCUT2D eigenvalue weighted by molar-refractivity contribution is 0.298. The molecule has 0 fully saturated rings. The van der Waals surface area contributed by atoms with Crippen molar-refractivity contribution in [3.05, 3.63) is 50.7 Å². The van der Waals surface area contributed by atoms with E-state index in [2.05, 4.69) is 36.8 Å². The molecular weight excluding hydrogens is 388 g/mol. The first kappa shape index (κ1) is 15.3. The number of pyridine rings is 1. The van der Waals surface area contributed by atoms with Gasteiger partial charge in [-0.1, -0.05) is 6.07 Å². The van der Waals surface area contributed by atoms with E-state index in [0.717, 1.165) is 31.7 Å². The van der Waals surface area contributed by atoms with E-state index in [9.17, 15) is 0 Å². The average Bonchev–Trinajstić information content (AvgIpc) is 2.48. The van der Waals surface area contributed by atoms with E-state index < -0.39 is 0 Å². The zero-order valence-electron chi connectivity index (χ0n) is 10.9. The van der Waals surface area contributed by atoms with Gasteiger partial charge in [-0.2, -0.15) is 0 Å². The molecule has 1 aromatic carbocycles. The SMILES string of the molecule is COc1cc(Br)c(OCc2ccc(CN)cn2)cc1Br. The third kappa shape index (κ3) is 3.71. The van der Waals surface area contributed by atoms with Crippen LogP contribution in [-0.4, -0.2) is 12.1 Å². The van der Waals surface area contributed by atoms with E-state index in [1.807, 2.05) is 24.3 Å². The molecule has 0 saturated carbocycles. The fourth-order valence-corrected chi connectivity index (χ4v) is 2.51. The van der Waals surface area contributed by atoms with E-state index in [1.165, 1.54) is 0 Å². The third-order valence-corrected chi connectivity index (χ3v) is 3.94. The lowest BCUT2D eigenvalue weighted by atomic mass is 10.2. The third-order valence-electron chi connectivity index (χ3n) is 2.70. The summed E-state index contributed by atoms with van der Waals surface area (Å²) >= 11 is 6.89. The minimum Gasteiger partial charge on any atom is -0.496 e. The van der Waals surface area contributed by atoms with Crippen molar-refractivity contribution in [2.24, 2.45) is 5.73 Å². The smallest absolute Gasteiger partial charge is 0.135 e. The first-order valence-electron chi connectivity index (χ1n) is 5.93. The summed E-state index contributed by atoms with van der Waals surface area (Å²) < 4.78 is 12.6. The van der Waals surface area contributed by atoms with Gasteiger partial charge in [0.05, 0.1) is 21.7 Å². The maximum atomic E-state index is 5.75. The van der Waals surface area contributed by atoms with Gasteiger partial charge in [-0.15, -0.1) is 0 Å². The Kier molecular flexibility index (Phi) is 5.39. The van der Waals surface area contributed by atoms with Crippen LogP contribution in [0.15, 0.2) is 39.4 Å². The predicted octanol–water partition coefficient (Wildman–Crippen LogP) is 3.65. The molecule has 0 aliphatic rings. The fraction of sp³-hybridized carbons (Fsp3) is 0.214. The summed E-state index contributed by atoms with van der Waals surface area (Å²) in [5, 5.41) is 0. The van der Waals surface area contributed by atoms with Gasteiger partial charge >= 0.3 is 0 Å². The molecule has 0 amide bonds. The molecule has 2 N–H and O–H groups in total. The molecular formula is C14H14Br2N2O2. The van der Waals surface area contributed by atoms with Crippen molar-refractivity contribution < 1.29 is 9.47 Å². The number of hydrogen-bond acceptors (Lipinski definition) is 4. The van der Waals surface area contributed by atoms with Crippen LogP contribution in [0.1, 0.15) is 11.3 Å². The van der Waals surface area contributed by atoms with Crippen molar-refractivity contribution >= 4 is 31.9 Å². The van der Waals surface area contributed by atoms with Gasteiger partial charge in [0.15, 0.2) is 0 Å². The van der Waals surface area contributed by atoms with Crippen LogP contribution in [0.25, 0.3) is 0 Å². The first-order valence-corrected chi connectivity index (χ1v) is 7.52. The molecule has 0 atom stereocenters. The van der Waals surface area contributed by atoms with E-state index >= 15 is 0 Å². The summed E-state index contributed by atoms with van der Waals surface area (Å²) in [6, 6.07) is 7.57. The highest BCUT2D eigenvalue weighted by Gasteiger charge is 2.08. The molecule has 0 saturated heterocycles. The highest BCUT2D eigenvalue weighted by Crippen LogP contribution is 2.36. The number of hydrogen-bond donors (Lipinski definition) is 1. The fourth-order valence-electron chi connectivity index (χ4n) is 1.59. The van der Waals surface area contributed by atoms with Gasteiger partial charge < -0.3 is 15.2 Å². The number of halogens is 2. The van der Waals surface area contributed by atoms with Gasteiger partial charge in [-0.25, -0.2) is 0 Å². The predicted molar refractivity (Wildman–Crippen MR) is 84.9 cm³/mol. The summed E-state index contributed by atoms with van der Waals surface area (Å²) in [5.41, 5.74) is 7.38. The van der Waals surface area contributed by atoms with Crippen LogP contribution in [0.2, 0.25) is 0 Å². The number of nitrogens with zero attached hydrogens (tertiary/aromatic N) is 1. The van der Waals surface area contributed by atoms with E-state index in [0.29, 0.717) is 13.2 Å². The van der Waals surface area contributed by atoms with Crippen LogP contribution in [0, 0.1) is 0 Å². The maximum Gasteiger partial charge on any atom is 0.135 e. The monoisotopic (exact) mass is 400 g/mol. The lowest BCUT2D eigenvalue weighted by Crippen LogP contribution is -2.01. The van der Waals surface area contributed by atoms with Gasteiger partial charge in [0.25, 0.3) is 0 Å². The Labute approximate surface area is 134 Å². The number of aromatic nitrogens is 1. The highest BCUT2D eigenvalue weighted by atomic mass is 79.9. The van der Waals surface area contributed by atoms with Crippen LogP contribution < -0.4 is 15.2 Å². The molecule has 1 aromatic heterocycles. The average molecular weight is 402 g/mol. The second-order valence-electron chi connectivity index (χ2n) is 4.07. The largest absolute Gasteiger partial charge is 0.496 e. The summed E-state index contributed by atoms with van der Waals surface area (Å²) in [4.78, 5) is 4.29. The van der Waals surface area contributed by atoms with E-state index in [4.69, 9.17) is 15.2 Å². The summed E-state index contributed by atoms with van der Waals surface area (Å²) in [6.07, 6.45) is 1.76. The first-order chi connectivity index (χ1) is 9.63. The molecule has 2 rings (SSSR count). The number of rotatable bonds is 5. The molecule has 1 heterocycles. The Bertz CT molecular complexity index is 588. The van der Waals surface area contributed by atoms with Crippen LogP contribution in [0.5, 0.6) is 11.5 Å². The molecule has 0 spiro atoms. The lowest BCUT2D eigenvalue weighted by Gasteiger charge is -2.11. The normalized spacial score (nSPS) is 10.4. The number of methoxy groups -OCH3 is 1. The zero-order chi connectivity index (χ0) is 14.5. The topological polar surface area (TPSA) is 57.4 Å². The van der Waals surface area contributed by atoms with E-state index in [1.54, 1.807) is 13.3 Å². The minimum absolute atomic E-state index is 0.391. The Morgan fingerprint density at radius 2 is 1.85 bits per heavy atom. The van der Waals surface area contributed by atoms with Crippen LogP contribution in [0.4, 0.5) is 0 Å². The van der Waals surface area contributed by atoms with Crippen molar-refractivity contribution in [3.8, 4) is 11.5 Å². The molecule has 6 heteroatoms. The summed E-state index contributed by atoms with van der Waals surface area (Å²) in [5.74, 6) is 1.47. The molecule has 0 unspecified atom stereocenters. The van der Waals surface area contributed by atoms with Crippen LogP contribution in [-0.2, 0) is 13.2 Å².